The van der Waals surface area contributed by atoms with E-state index < -0.39 is 0 Å². The molecule has 0 radical (unpaired) electrons. The van der Waals surface area contributed by atoms with Crippen molar-refractivity contribution in [2.75, 3.05) is 13.1 Å². The topological polar surface area (TPSA) is 74.8 Å². The molecule has 1 aliphatic heterocycles. The van der Waals surface area contributed by atoms with Crippen LogP contribution < -0.4 is 0 Å². The van der Waals surface area contributed by atoms with E-state index in [0.717, 1.165) is 50.2 Å². The second-order valence-electron chi connectivity index (χ2n) is 5.86. The fourth-order valence-corrected chi connectivity index (χ4v) is 3.76. The summed E-state index contributed by atoms with van der Waals surface area (Å²) >= 11 is 1.22. The molecule has 6 nitrogen and oxygen atoms in total. The summed E-state index contributed by atoms with van der Waals surface area (Å²) in [6.07, 6.45) is 5.75. The number of aromatic amines is 1. The number of nitrogens with one attached hydrogen (secondary N) is 1. The van der Waals surface area contributed by atoms with Gasteiger partial charge in [-0.2, -0.15) is 5.10 Å². The molecule has 2 aromatic rings. The molecule has 1 fully saturated rings. The van der Waals surface area contributed by atoms with Crippen LogP contribution in [-0.4, -0.2) is 43.7 Å². The molecule has 1 atom stereocenters. The third kappa shape index (κ3) is 2.90. The Morgan fingerprint density at radius 3 is 3.14 bits per heavy atom. The molecule has 118 valence electrons. The fourth-order valence-electron chi connectivity index (χ4n) is 3.08. The first kappa shape index (κ1) is 15.1. The van der Waals surface area contributed by atoms with E-state index in [2.05, 4.69) is 33.6 Å². The highest BCUT2D eigenvalue weighted by Crippen LogP contribution is 2.29. The van der Waals surface area contributed by atoms with E-state index in [0.29, 0.717) is 10.8 Å². The van der Waals surface area contributed by atoms with Crippen molar-refractivity contribution in [2.45, 2.75) is 45.4 Å². The van der Waals surface area contributed by atoms with Crippen LogP contribution in [0, 0.1) is 6.92 Å². The van der Waals surface area contributed by atoms with Gasteiger partial charge in [-0.1, -0.05) is 17.8 Å². The molecular weight excluding hydrogens is 298 g/mol. The number of nitrogens with zero attached hydrogens (tertiary/aromatic N) is 4. The molecule has 22 heavy (non-hydrogen) atoms. The standard InChI is InChI=1S/C15H21N5OS/c1-3-5-12-14(22-19-17-12)15(21)20-7-4-6-11(9-20)13-10(2)8-16-18-13/h8,11H,3-7,9H2,1-2H3,(H,16,18). The number of hydrogen-bond acceptors (Lipinski definition) is 5. The second kappa shape index (κ2) is 6.56. The number of aromatic nitrogens is 4. The number of carbonyl (C=O) groups is 1. The molecule has 3 heterocycles. The maximum absolute atomic E-state index is 12.8. The van der Waals surface area contributed by atoms with Crippen molar-refractivity contribution >= 4 is 17.4 Å². The number of hydrogen-bond donors (Lipinski definition) is 1. The van der Waals surface area contributed by atoms with Gasteiger partial charge in [-0.3, -0.25) is 9.89 Å². The van der Waals surface area contributed by atoms with Gasteiger partial charge in [-0.15, -0.1) is 5.10 Å². The molecular formula is C15H21N5OS. The van der Waals surface area contributed by atoms with Crippen LogP contribution in [0.15, 0.2) is 6.20 Å². The van der Waals surface area contributed by atoms with E-state index >= 15 is 0 Å². The van der Waals surface area contributed by atoms with Gasteiger partial charge in [0.05, 0.1) is 11.9 Å². The zero-order chi connectivity index (χ0) is 15.5. The minimum atomic E-state index is 0.0836. The van der Waals surface area contributed by atoms with E-state index in [1.165, 1.54) is 17.1 Å². The lowest BCUT2D eigenvalue weighted by Crippen LogP contribution is -2.39. The average Bonchev–Trinajstić information content (AvgIpc) is 3.16. The molecule has 7 heteroatoms. The van der Waals surface area contributed by atoms with Crippen molar-refractivity contribution in [3.05, 3.63) is 28.0 Å². The summed E-state index contributed by atoms with van der Waals surface area (Å²) in [7, 11) is 0. The molecule has 1 unspecified atom stereocenters. The predicted molar refractivity (Wildman–Crippen MR) is 85.1 cm³/mol. The van der Waals surface area contributed by atoms with Crippen molar-refractivity contribution in [2.24, 2.45) is 0 Å². The summed E-state index contributed by atoms with van der Waals surface area (Å²) < 4.78 is 3.97. The number of likely N-dealkylation sites (tertiary alicyclic amines) is 1. The largest absolute Gasteiger partial charge is 0.337 e. The summed E-state index contributed by atoms with van der Waals surface area (Å²) in [5.41, 5.74) is 3.18. The van der Waals surface area contributed by atoms with Gasteiger partial charge in [0, 0.05) is 24.7 Å². The highest BCUT2D eigenvalue weighted by Gasteiger charge is 2.29. The molecule has 2 aromatic heterocycles. The van der Waals surface area contributed by atoms with Crippen molar-refractivity contribution in [1.29, 1.82) is 0 Å². The Balaban J connectivity index is 1.75. The van der Waals surface area contributed by atoms with Crippen LogP contribution in [0.2, 0.25) is 0 Å². The van der Waals surface area contributed by atoms with Crippen molar-refractivity contribution in [3.8, 4) is 0 Å². The molecule has 0 saturated carbocycles. The monoisotopic (exact) mass is 319 g/mol. The van der Waals surface area contributed by atoms with Crippen LogP contribution >= 0.6 is 11.5 Å². The van der Waals surface area contributed by atoms with Crippen molar-refractivity contribution in [1.82, 2.24) is 24.7 Å². The predicted octanol–water partition coefficient (Wildman–Crippen LogP) is 2.54. The number of amides is 1. The van der Waals surface area contributed by atoms with E-state index in [-0.39, 0.29) is 5.91 Å². The molecule has 0 spiro atoms. The van der Waals surface area contributed by atoms with Crippen LogP contribution in [-0.2, 0) is 6.42 Å². The normalized spacial score (nSPS) is 18.6. The highest BCUT2D eigenvalue weighted by molar-refractivity contribution is 7.08. The summed E-state index contributed by atoms with van der Waals surface area (Å²) in [5, 5.41) is 11.3. The molecule has 0 bridgehead atoms. The summed E-state index contributed by atoms with van der Waals surface area (Å²) in [6, 6.07) is 0. The van der Waals surface area contributed by atoms with Gasteiger partial charge in [0.25, 0.3) is 5.91 Å². The summed E-state index contributed by atoms with van der Waals surface area (Å²) in [6.45, 7) is 5.70. The van der Waals surface area contributed by atoms with Crippen LogP contribution in [0.3, 0.4) is 0 Å². The average molecular weight is 319 g/mol. The maximum Gasteiger partial charge on any atom is 0.267 e. The Hall–Kier alpha value is -1.76. The van der Waals surface area contributed by atoms with Gasteiger partial charge in [0.15, 0.2) is 0 Å². The van der Waals surface area contributed by atoms with Crippen molar-refractivity contribution in [3.63, 3.8) is 0 Å². The highest BCUT2D eigenvalue weighted by atomic mass is 32.1. The molecule has 0 aromatic carbocycles. The lowest BCUT2D eigenvalue weighted by molar-refractivity contribution is 0.0709. The van der Waals surface area contributed by atoms with Gasteiger partial charge in [-0.05, 0) is 43.3 Å². The zero-order valence-corrected chi connectivity index (χ0v) is 13.8. The van der Waals surface area contributed by atoms with Gasteiger partial charge in [0.2, 0.25) is 0 Å². The molecule has 0 aliphatic carbocycles. The Bertz CT molecular complexity index is 650. The first-order chi connectivity index (χ1) is 10.7. The van der Waals surface area contributed by atoms with E-state index in [4.69, 9.17) is 0 Å². The summed E-state index contributed by atoms with van der Waals surface area (Å²) in [4.78, 5) is 15.4. The lowest BCUT2D eigenvalue weighted by atomic mass is 9.93. The Morgan fingerprint density at radius 1 is 1.55 bits per heavy atom. The van der Waals surface area contributed by atoms with Gasteiger partial charge in [0.1, 0.15) is 4.88 Å². The molecule has 3 rings (SSSR count). The Morgan fingerprint density at radius 2 is 2.41 bits per heavy atom. The van der Waals surface area contributed by atoms with Crippen LogP contribution in [0.1, 0.15) is 58.7 Å². The quantitative estimate of drug-likeness (QED) is 0.939. The van der Waals surface area contributed by atoms with E-state index in [9.17, 15) is 4.79 Å². The molecule has 1 amide bonds. The van der Waals surface area contributed by atoms with Crippen LogP contribution in [0.4, 0.5) is 0 Å². The third-order valence-corrected chi connectivity index (χ3v) is 4.98. The van der Waals surface area contributed by atoms with Gasteiger partial charge >= 0.3 is 0 Å². The Labute approximate surface area is 134 Å². The number of piperidine rings is 1. The van der Waals surface area contributed by atoms with Gasteiger partial charge in [-0.25, -0.2) is 0 Å². The minimum absolute atomic E-state index is 0.0836. The fraction of sp³-hybridized carbons (Fsp3) is 0.600. The minimum Gasteiger partial charge on any atom is -0.337 e. The second-order valence-corrected chi connectivity index (χ2v) is 6.61. The Kier molecular flexibility index (Phi) is 4.52. The van der Waals surface area contributed by atoms with Crippen LogP contribution in [0.25, 0.3) is 0 Å². The van der Waals surface area contributed by atoms with E-state index in [1.54, 1.807) is 0 Å². The smallest absolute Gasteiger partial charge is 0.267 e. The van der Waals surface area contributed by atoms with Crippen LogP contribution in [0.5, 0.6) is 0 Å². The number of carbonyl (C=O) groups excluding carboxylic acids is 1. The number of H-pyrrole nitrogens is 1. The number of aryl methyl sites for hydroxylation is 2. The SMILES string of the molecule is CCCc1nnsc1C(=O)N1CCCC(c2[nH]ncc2C)C1. The molecule has 1 N–H and O–H groups in total. The summed E-state index contributed by atoms with van der Waals surface area (Å²) in [5.74, 6) is 0.427. The van der Waals surface area contributed by atoms with Gasteiger partial charge < -0.3 is 4.90 Å². The molecule has 1 aliphatic rings. The maximum atomic E-state index is 12.8. The first-order valence-corrected chi connectivity index (χ1v) is 8.58. The first-order valence-electron chi connectivity index (χ1n) is 7.81. The zero-order valence-electron chi connectivity index (χ0n) is 13.0. The molecule has 1 saturated heterocycles. The third-order valence-electron chi connectivity index (χ3n) is 4.22. The van der Waals surface area contributed by atoms with Crippen molar-refractivity contribution < 1.29 is 4.79 Å². The lowest BCUT2D eigenvalue weighted by Gasteiger charge is -2.32. The number of rotatable bonds is 4. The van der Waals surface area contributed by atoms with E-state index in [1.807, 2.05) is 11.1 Å².